The van der Waals surface area contributed by atoms with Gasteiger partial charge in [-0.3, -0.25) is 0 Å². The topological polar surface area (TPSA) is 54.0 Å². The zero-order chi connectivity index (χ0) is 21.8. The summed E-state index contributed by atoms with van der Waals surface area (Å²) in [6.07, 6.45) is 3.36. The van der Waals surface area contributed by atoms with Crippen molar-refractivity contribution < 1.29 is 23.4 Å². The van der Waals surface area contributed by atoms with Crippen molar-refractivity contribution in [2.24, 2.45) is 0 Å². The number of nitrogens with one attached hydrogen (secondary N) is 1. The van der Waals surface area contributed by atoms with Crippen LogP contribution < -0.4 is 10.1 Å². The highest BCUT2D eigenvalue weighted by molar-refractivity contribution is 5.66. The average molecular weight is 426 g/mol. The summed E-state index contributed by atoms with van der Waals surface area (Å²) in [5.41, 5.74) is 1.24. The summed E-state index contributed by atoms with van der Waals surface area (Å²) in [4.78, 5) is 1.87. The van der Waals surface area contributed by atoms with E-state index in [1.54, 1.807) is 31.3 Å². The molecule has 0 spiro atoms. The Morgan fingerprint density at radius 1 is 1.26 bits per heavy atom. The molecule has 1 fully saturated rings. The van der Waals surface area contributed by atoms with Crippen LogP contribution in [0.15, 0.2) is 48.8 Å². The first kappa shape index (κ1) is 21.2. The number of benzene rings is 2. The van der Waals surface area contributed by atoms with Crippen molar-refractivity contribution in [1.29, 1.82) is 0 Å². The van der Waals surface area contributed by atoms with Gasteiger partial charge in [0.1, 0.15) is 18.1 Å². The molecule has 2 aromatic rings. The number of hydrogen-bond acceptors (Lipinski definition) is 5. The van der Waals surface area contributed by atoms with E-state index >= 15 is 0 Å². The summed E-state index contributed by atoms with van der Waals surface area (Å²) in [5, 5.41) is 12.8. The molecule has 3 atom stereocenters. The standard InChI is InChI=1S/C24H24F2N2O3/c1-16(29)24-27-9-11-28(24)10-2-3-17-4-6-20(21(25)13-17)18-5-7-23(22(26)14-18)31-19-8-12-30-15-19/h4-7,9,11,13-14,16,19,24,27,29H,8,10,12,15H2,1H3/t16?,19-,24?/m0/s1. The molecular weight excluding hydrogens is 402 g/mol. The lowest BCUT2D eigenvalue weighted by molar-refractivity contribution is 0.0928. The van der Waals surface area contributed by atoms with Crippen LogP contribution in [-0.2, 0) is 4.74 Å². The lowest BCUT2D eigenvalue weighted by Crippen LogP contribution is -2.43. The minimum absolute atomic E-state index is 0.142. The molecule has 2 aliphatic rings. The first-order valence-corrected chi connectivity index (χ1v) is 10.2. The Bertz CT molecular complexity index is 1020. The number of ether oxygens (including phenoxy) is 2. The van der Waals surface area contributed by atoms with E-state index in [-0.39, 0.29) is 18.0 Å². The third-order valence-corrected chi connectivity index (χ3v) is 5.24. The number of rotatable bonds is 5. The Balaban J connectivity index is 1.44. The quantitative estimate of drug-likeness (QED) is 0.719. The Kier molecular flexibility index (Phi) is 6.40. The summed E-state index contributed by atoms with van der Waals surface area (Å²) in [5.74, 6) is 5.05. The van der Waals surface area contributed by atoms with Gasteiger partial charge in [-0.2, -0.15) is 0 Å². The molecule has 0 radical (unpaired) electrons. The Labute approximate surface area is 180 Å². The molecule has 4 rings (SSSR count). The van der Waals surface area contributed by atoms with Gasteiger partial charge >= 0.3 is 0 Å². The van der Waals surface area contributed by atoms with Gasteiger partial charge in [-0.25, -0.2) is 8.78 Å². The number of aliphatic hydroxyl groups excluding tert-OH is 1. The van der Waals surface area contributed by atoms with Crippen molar-refractivity contribution in [2.75, 3.05) is 19.8 Å². The maximum atomic E-state index is 14.7. The summed E-state index contributed by atoms with van der Waals surface area (Å²) in [6, 6.07) is 9.07. The van der Waals surface area contributed by atoms with Crippen molar-refractivity contribution in [3.63, 3.8) is 0 Å². The van der Waals surface area contributed by atoms with E-state index in [4.69, 9.17) is 9.47 Å². The monoisotopic (exact) mass is 426 g/mol. The molecular formula is C24H24F2N2O3. The fourth-order valence-corrected chi connectivity index (χ4v) is 3.60. The molecule has 7 heteroatoms. The maximum Gasteiger partial charge on any atom is 0.165 e. The van der Waals surface area contributed by atoms with Gasteiger partial charge in [0.25, 0.3) is 0 Å². The molecule has 2 heterocycles. The summed E-state index contributed by atoms with van der Waals surface area (Å²) >= 11 is 0. The molecule has 2 N–H and O–H groups in total. The van der Waals surface area contributed by atoms with Crippen LogP contribution >= 0.6 is 0 Å². The van der Waals surface area contributed by atoms with Gasteiger partial charge in [-0.05, 0) is 36.8 Å². The molecule has 0 aliphatic carbocycles. The number of hydrogen-bond donors (Lipinski definition) is 2. The maximum absolute atomic E-state index is 14.7. The van der Waals surface area contributed by atoms with Gasteiger partial charge in [-0.15, -0.1) is 0 Å². The van der Waals surface area contributed by atoms with E-state index in [0.29, 0.717) is 36.4 Å². The van der Waals surface area contributed by atoms with Crippen LogP contribution in [0.3, 0.4) is 0 Å². The summed E-state index contributed by atoms with van der Waals surface area (Å²) in [7, 11) is 0. The van der Waals surface area contributed by atoms with Crippen molar-refractivity contribution in [2.45, 2.75) is 31.7 Å². The third kappa shape index (κ3) is 4.98. The predicted octanol–water partition coefficient (Wildman–Crippen LogP) is 3.23. The van der Waals surface area contributed by atoms with Crippen molar-refractivity contribution >= 4 is 0 Å². The SMILES string of the molecule is CC(O)C1NC=CN1CC#Cc1ccc(-c2ccc(O[C@H]3CCOC3)c(F)c2)c(F)c1. The smallest absolute Gasteiger partial charge is 0.165 e. The second-order valence-corrected chi connectivity index (χ2v) is 7.59. The van der Waals surface area contributed by atoms with Crippen molar-refractivity contribution in [1.82, 2.24) is 10.2 Å². The predicted molar refractivity (Wildman–Crippen MR) is 113 cm³/mol. The van der Waals surface area contributed by atoms with E-state index in [2.05, 4.69) is 17.2 Å². The van der Waals surface area contributed by atoms with Gasteiger partial charge in [0.2, 0.25) is 0 Å². The molecule has 2 aliphatic heterocycles. The summed E-state index contributed by atoms with van der Waals surface area (Å²) < 4.78 is 40.0. The van der Waals surface area contributed by atoms with Gasteiger partial charge in [0, 0.05) is 29.9 Å². The van der Waals surface area contributed by atoms with Crippen molar-refractivity contribution in [3.8, 4) is 28.7 Å². The molecule has 31 heavy (non-hydrogen) atoms. The average Bonchev–Trinajstić information content (AvgIpc) is 3.42. The van der Waals surface area contributed by atoms with Gasteiger partial charge in [0.15, 0.2) is 11.6 Å². The number of nitrogens with zero attached hydrogens (tertiary/aromatic N) is 1. The Morgan fingerprint density at radius 2 is 2.13 bits per heavy atom. The molecule has 2 aromatic carbocycles. The zero-order valence-corrected chi connectivity index (χ0v) is 17.1. The third-order valence-electron chi connectivity index (χ3n) is 5.24. The normalized spacial score (nSPS) is 20.8. The second-order valence-electron chi connectivity index (χ2n) is 7.59. The first-order chi connectivity index (χ1) is 15.0. The molecule has 5 nitrogen and oxygen atoms in total. The molecule has 0 saturated carbocycles. The first-order valence-electron chi connectivity index (χ1n) is 10.2. The van der Waals surface area contributed by atoms with Crippen LogP contribution in [0.2, 0.25) is 0 Å². The highest BCUT2D eigenvalue weighted by atomic mass is 19.1. The molecule has 1 saturated heterocycles. The fourth-order valence-electron chi connectivity index (χ4n) is 3.60. The minimum atomic E-state index is -0.558. The number of aliphatic hydroxyl groups is 1. The van der Waals surface area contributed by atoms with E-state index < -0.39 is 17.7 Å². The molecule has 162 valence electrons. The number of halogens is 2. The zero-order valence-electron chi connectivity index (χ0n) is 17.1. The van der Waals surface area contributed by atoms with Gasteiger partial charge in [0.05, 0.1) is 25.9 Å². The van der Waals surface area contributed by atoms with Crippen LogP contribution in [0.5, 0.6) is 5.75 Å². The summed E-state index contributed by atoms with van der Waals surface area (Å²) in [6.45, 7) is 3.14. The van der Waals surface area contributed by atoms with Crippen molar-refractivity contribution in [3.05, 3.63) is 66.0 Å². The Morgan fingerprint density at radius 3 is 2.84 bits per heavy atom. The fraction of sp³-hybridized carbons (Fsp3) is 0.333. The highest BCUT2D eigenvalue weighted by Gasteiger charge is 2.22. The molecule has 0 bridgehead atoms. The van der Waals surface area contributed by atoms with Crippen LogP contribution in [-0.4, -0.2) is 48.1 Å². The molecule has 0 amide bonds. The Hall–Kier alpha value is -3.08. The highest BCUT2D eigenvalue weighted by Crippen LogP contribution is 2.29. The van der Waals surface area contributed by atoms with E-state index in [0.717, 1.165) is 6.42 Å². The van der Waals surface area contributed by atoms with Gasteiger partial charge < -0.3 is 24.8 Å². The largest absolute Gasteiger partial charge is 0.485 e. The molecule has 0 aromatic heterocycles. The van der Waals surface area contributed by atoms with E-state index in [1.165, 1.54) is 18.2 Å². The lowest BCUT2D eigenvalue weighted by atomic mass is 10.0. The van der Waals surface area contributed by atoms with Crippen LogP contribution in [0.1, 0.15) is 18.9 Å². The van der Waals surface area contributed by atoms with Crippen LogP contribution in [0.4, 0.5) is 8.78 Å². The minimum Gasteiger partial charge on any atom is -0.485 e. The van der Waals surface area contributed by atoms with Crippen LogP contribution in [0.25, 0.3) is 11.1 Å². The van der Waals surface area contributed by atoms with Crippen LogP contribution in [0, 0.1) is 23.5 Å². The van der Waals surface area contributed by atoms with Gasteiger partial charge in [-0.1, -0.05) is 24.0 Å². The second kappa shape index (κ2) is 9.38. The van der Waals surface area contributed by atoms with E-state index in [9.17, 15) is 13.9 Å². The lowest BCUT2D eigenvalue weighted by Gasteiger charge is -2.25. The molecule has 2 unspecified atom stereocenters. The van der Waals surface area contributed by atoms with E-state index in [1.807, 2.05) is 11.1 Å².